The van der Waals surface area contributed by atoms with Crippen LogP contribution in [0.2, 0.25) is 5.02 Å². The lowest BCUT2D eigenvalue weighted by Gasteiger charge is -2.37. The van der Waals surface area contributed by atoms with Gasteiger partial charge >= 0.3 is 0 Å². The summed E-state index contributed by atoms with van der Waals surface area (Å²) < 4.78 is 5.75. The smallest absolute Gasteiger partial charge is 0.111 e. The van der Waals surface area contributed by atoms with Gasteiger partial charge in [-0.3, -0.25) is 0 Å². The third-order valence-electron chi connectivity index (χ3n) is 4.66. The number of hydrogen-bond donors (Lipinski definition) is 3. The van der Waals surface area contributed by atoms with Crippen LogP contribution in [0.5, 0.6) is 0 Å². The summed E-state index contributed by atoms with van der Waals surface area (Å²) in [6, 6.07) is 13.1. The first-order valence-corrected chi connectivity index (χ1v) is 8.86. The predicted molar refractivity (Wildman–Crippen MR) is 100.0 cm³/mol. The average molecular weight is 373 g/mol. The molecule has 2 aromatic rings. The largest absolute Gasteiger partial charge is 0.394 e. The summed E-state index contributed by atoms with van der Waals surface area (Å²) >= 11 is 6.34. The Hall–Kier alpha value is -1.87. The number of aliphatic hydroxyl groups excluding tert-OH is 3. The van der Waals surface area contributed by atoms with Crippen LogP contribution in [-0.2, 0) is 11.2 Å². The Morgan fingerprint density at radius 2 is 1.88 bits per heavy atom. The molecule has 0 saturated carbocycles. The van der Waals surface area contributed by atoms with Crippen molar-refractivity contribution in [1.29, 1.82) is 0 Å². The molecule has 1 saturated heterocycles. The van der Waals surface area contributed by atoms with Gasteiger partial charge in [0.05, 0.1) is 18.8 Å². The normalized spacial score (nSPS) is 25.7. The predicted octanol–water partition coefficient (Wildman–Crippen LogP) is 2.46. The fourth-order valence-corrected chi connectivity index (χ4v) is 3.38. The van der Waals surface area contributed by atoms with Gasteiger partial charge in [0.25, 0.3) is 0 Å². The van der Waals surface area contributed by atoms with E-state index in [1.54, 1.807) is 12.1 Å². The Balaban J connectivity index is 1.85. The minimum atomic E-state index is -1.05. The van der Waals surface area contributed by atoms with Gasteiger partial charge in [-0.1, -0.05) is 41.8 Å². The van der Waals surface area contributed by atoms with Crippen molar-refractivity contribution >= 4 is 11.6 Å². The molecule has 0 radical (unpaired) electrons. The van der Waals surface area contributed by atoms with Gasteiger partial charge in [-0.15, -0.1) is 6.42 Å². The average Bonchev–Trinajstić information content (AvgIpc) is 2.66. The molecule has 1 fully saturated rings. The van der Waals surface area contributed by atoms with Gasteiger partial charge in [-0.05, 0) is 41.3 Å². The monoisotopic (exact) mass is 372 g/mol. The first-order chi connectivity index (χ1) is 12.5. The van der Waals surface area contributed by atoms with Gasteiger partial charge < -0.3 is 20.1 Å². The van der Waals surface area contributed by atoms with E-state index < -0.39 is 24.4 Å². The van der Waals surface area contributed by atoms with E-state index in [2.05, 4.69) is 5.92 Å². The summed E-state index contributed by atoms with van der Waals surface area (Å²) in [5.74, 6) is 2.59. The second kappa shape index (κ2) is 8.22. The molecule has 0 spiro atoms. The van der Waals surface area contributed by atoms with E-state index in [0.29, 0.717) is 17.0 Å². The number of rotatable bonds is 4. The zero-order valence-electron chi connectivity index (χ0n) is 14.2. The maximum absolute atomic E-state index is 10.3. The topological polar surface area (TPSA) is 69.9 Å². The molecule has 3 N–H and O–H groups in total. The lowest BCUT2D eigenvalue weighted by atomic mass is 9.91. The van der Waals surface area contributed by atoms with Crippen LogP contribution in [0.1, 0.15) is 34.8 Å². The molecule has 4 atom stereocenters. The van der Waals surface area contributed by atoms with Crippen LogP contribution in [0.3, 0.4) is 0 Å². The molecule has 0 amide bonds. The van der Waals surface area contributed by atoms with Crippen LogP contribution in [0.4, 0.5) is 0 Å². The molecular weight excluding hydrogens is 352 g/mol. The van der Waals surface area contributed by atoms with Crippen molar-refractivity contribution in [3.05, 3.63) is 69.7 Å². The summed E-state index contributed by atoms with van der Waals surface area (Å²) in [4.78, 5) is 0. The molecule has 1 aliphatic heterocycles. The van der Waals surface area contributed by atoms with Crippen LogP contribution in [0.25, 0.3) is 0 Å². The van der Waals surface area contributed by atoms with E-state index in [4.69, 9.17) is 22.8 Å². The Morgan fingerprint density at radius 3 is 2.54 bits per heavy atom. The van der Waals surface area contributed by atoms with Gasteiger partial charge in [0.1, 0.15) is 12.2 Å². The summed E-state index contributed by atoms with van der Waals surface area (Å²) in [7, 11) is 0. The molecule has 0 aliphatic carbocycles. The van der Waals surface area contributed by atoms with Crippen LogP contribution in [-0.4, -0.2) is 40.2 Å². The number of ether oxygens (including phenoxy) is 1. The van der Waals surface area contributed by atoms with Crippen molar-refractivity contribution in [2.75, 3.05) is 6.61 Å². The second-order valence-electron chi connectivity index (χ2n) is 6.52. The zero-order valence-corrected chi connectivity index (χ0v) is 14.9. The number of halogens is 1. The first-order valence-electron chi connectivity index (χ1n) is 8.48. The lowest BCUT2D eigenvalue weighted by molar-refractivity contribution is -0.179. The molecule has 3 rings (SSSR count). The van der Waals surface area contributed by atoms with Gasteiger partial charge in [0.2, 0.25) is 0 Å². The Kier molecular flexibility index (Phi) is 5.98. The van der Waals surface area contributed by atoms with Crippen molar-refractivity contribution in [3.63, 3.8) is 0 Å². The maximum atomic E-state index is 10.3. The molecule has 4 unspecified atom stereocenters. The van der Waals surface area contributed by atoms with Crippen molar-refractivity contribution in [2.24, 2.45) is 0 Å². The minimum Gasteiger partial charge on any atom is -0.394 e. The van der Waals surface area contributed by atoms with Crippen LogP contribution in [0, 0.1) is 12.3 Å². The summed E-state index contributed by atoms with van der Waals surface area (Å²) in [6.07, 6.45) is 2.97. The van der Waals surface area contributed by atoms with Crippen molar-refractivity contribution in [1.82, 2.24) is 0 Å². The number of hydrogen-bond acceptors (Lipinski definition) is 4. The van der Waals surface area contributed by atoms with E-state index in [1.165, 1.54) is 0 Å². The van der Waals surface area contributed by atoms with E-state index in [-0.39, 0.29) is 13.0 Å². The third kappa shape index (κ3) is 4.09. The summed E-state index contributed by atoms with van der Waals surface area (Å²) in [5.41, 5.74) is 3.47. The first kappa shape index (κ1) is 18.9. The van der Waals surface area contributed by atoms with Gasteiger partial charge in [0, 0.05) is 17.0 Å². The SMILES string of the molecule is C#Cc1ccc(Cc2cc(C3OC(CO)CC(O)C3O)ccc2Cl)cc1. The summed E-state index contributed by atoms with van der Waals surface area (Å²) in [6.45, 7) is -0.206. The molecular formula is C21H21ClO4. The molecule has 136 valence electrons. The standard InChI is InChI=1S/C21H21ClO4/c1-2-13-3-5-14(6-4-13)9-16-10-15(7-8-18(16)22)21-20(25)19(24)11-17(12-23)26-21/h1,3-8,10,17,19-21,23-25H,9,11-12H2. The fourth-order valence-electron chi connectivity index (χ4n) is 3.19. The fraction of sp³-hybridized carbons (Fsp3) is 0.333. The van der Waals surface area contributed by atoms with E-state index in [9.17, 15) is 15.3 Å². The van der Waals surface area contributed by atoms with Gasteiger partial charge in [0.15, 0.2) is 0 Å². The third-order valence-corrected chi connectivity index (χ3v) is 5.03. The van der Waals surface area contributed by atoms with Crippen molar-refractivity contribution in [3.8, 4) is 12.3 Å². The molecule has 1 aliphatic rings. The number of benzene rings is 2. The van der Waals surface area contributed by atoms with Crippen LogP contribution in [0.15, 0.2) is 42.5 Å². The second-order valence-corrected chi connectivity index (χ2v) is 6.93. The molecule has 0 bridgehead atoms. The highest BCUT2D eigenvalue weighted by molar-refractivity contribution is 6.31. The van der Waals surface area contributed by atoms with Crippen LogP contribution >= 0.6 is 11.6 Å². The molecule has 4 nitrogen and oxygen atoms in total. The maximum Gasteiger partial charge on any atom is 0.111 e. The highest BCUT2D eigenvalue weighted by Crippen LogP contribution is 2.34. The van der Waals surface area contributed by atoms with Crippen LogP contribution < -0.4 is 0 Å². The molecule has 2 aromatic carbocycles. The van der Waals surface area contributed by atoms with E-state index >= 15 is 0 Å². The minimum absolute atomic E-state index is 0.205. The van der Waals surface area contributed by atoms with Gasteiger partial charge in [-0.25, -0.2) is 0 Å². The quantitative estimate of drug-likeness (QED) is 0.721. The molecule has 1 heterocycles. The number of terminal acetylenes is 1. The van der Waals surface area contributed by atoms with E-state index in [1.807, 2.05) is 30.3 Å². The Bertz CT molecular complexity index is 797. The Labute approximate surface area is 158 Å². The molecule has 0 aromatic heterocycles. The zero-order chi connectivity index (χ0) is 18.7. The lowest BCUT2D eigenvalue weighted by Crippen LogP contribution is -2.44. The van der Waals surface area contributed by atoms with E-state index in [0.717, 1.165) is 16.7 Å². The highest BCUT2D eigenvalue weighted by Gasteiger charge is 2.37. The number of aliphatic hydroxyl groups is 3. The molecule has 5 heteroatoms. The van der Waals surface area contributed by atoms with Crippen molar-refractivity contribution in [2.45, 2.75) is 37.3 Å². The van der Waals surface area contributed by atoms with Gasteiger partial charge in [-0.2, -0.15) is 0 Å². The van der Waals surface area contributed by atoms with Crippen molar-refractivity contribution < 1.29 is 20.1 Å². The Morgan fingerprint density at radius 1 is 1.15 bits per heavy atom. The summed E-state index contributed by atoms with van der Waals surface area (Å²) in [5, 5.41) is 30.3. The highest BCUT2D eigenvalue weighted by atomic mass is 35.5. The molecule has 26 heavy (non-hydrogen) atoms.